The molecule has 0 rings (SSSR count). The van der Waals surface area contributed by atoms with Crippen molar-refractivity contribution in [3.05, 3.63) is 60.8 Å². The van der Waals surface area contributed by atoms with Gasteiger partial charge in [0.15, 0.2) is 6.10 Å². The molecule has 12 heteroatoms. The molecular formula is C43H76NO10P. The van der Waals surface area contributed by atoms with Crippen LogP contribution in [-0.4, -0.2) is 71.7 Å². The zero-order valence-corrected chi connectivity index (χ0v) is 35.0. The molecule has 0 aromatic carbocycles. The smallest absolute Gasteiger partial charge is 0.462 e. The Labute approximate surface area is 333 Å². The van der Waals surface area contributed by atoms with E-state index < -0.39 is 44.7 Å². The quantitative estimate of drug-likeness (QED) is 0.0203. The van der Waals surface area contributed by atoms with E-state index in [1.54, 1.807) is 0 Å². The van der Waals surface area contributed by atoms with Crippen LogP contribution in [0.25, 0.3) is 0 Å². The molecule has 55 heavy (non-hydrogen) atoms. The molecule has 4 atom stereocenters. The van der Waals surface area contributed by atoms with E-state index in [1.807, 2.05) is 18.2 Å². The van der Waals surface area contributed by atoms with E-state index in [0.717, 1.165) is 51.4 Å². The minimum absolute atomic E-state index is 0.00480. The van der Waals surface area contributed by atoms with Gasteiger partial charge in [-0.15, -0.1) is 0 Å². The van der Waals surface area contributed by atoms with Gasteiger partial charge in [0.1, 0.15) is 6.61 Å². The lowest BCUT2D eigenvalue weighted by molar-refractivity contribution is -0.161. The second kappa shape index (κ2) is 38.5. The maximum Gasteiger partial charge on any atom is 0.472 e. The largest absolute Gasteiger partial charge is 0.472 e. The number of phosphoric acid groups is 1. The first kappa shape index (κ1) is 52.6. The summed E-state index contributed by atoms with van der Waals surface area (Å²) in [6, 6.07) is 0. The zero-order chi connectivity index (χ0) is 40.7. The predicted octanol–water partition coefficient (Wildman–Crippen LogP) is 9.66. The third-order valence-corrected chi connectivity index (χ3v) is 9.57. The van der Waals surface area contributed by atoms with E-state index in [1.165, 1.54) is 51.4 Å². The molecule has 318 valence electrons. The standard InChI is InChI=1S/C43H76NO10P/c1-3-5-7-9-11-13-15-17-18-19-21-23-25-27-29-33-42(47)51-37-39(38-53-55(49,50)52-36-35-44)54-43(48)34-30-32-41(46)40(45)31-28-26-24-22-20-16-14-12-10-8-6-4-2/h6,8,12-15,20,22,26,28,39-41,45-46H,3-5,7,9-11,16-19,21,23-25,27,29-38,44H2,1-2H3,(H,49,50)/b8-6-,14-12-,15-13-,22-20-,28-26-/t39-,40-,41-/m1/s1. The Kier molecular flexibility index (Phi) is 36.8. The van der Waals surface area contributed by atoms with Crippen LogP contribution in [0.1, 0.15) is 155 Å². The number of hydrogen-bond acceptors (Lipinski definition) is 10. The van der Waals surface area contributed by atoms with Gasteiger partial charge in [-0.1, -0.05) is 126 Å². The van der Waals surface area contributed by atoms with Crippen LogP contribution in [0.4, 0.5) is 0 Å². The van der Waals surface area contributed by atoms with Crippen molar-refractivity contribution in [2.75, 3.05) is 26.4 Å². The Morgan fingerprint density at radius 3 is 1.78 bits per heavy atom. The summed E-state index contributed by atoms with van der Waals surface area (Å²) >= 11 is 0. The van der Waals surface area contributed by atoms with Gasteiger partial charge in [-0.2, -0.15) is 0 Å². The molecule has 0 aromatic heterocycles. The summed E-state index contributed by atoms with van der Waals surface area (Å²) in [5.41, 5.74) is 5.32. The number of ether oxygens (including phenoxy) is 2. The van der Waals surface area contributed by atoms with Gasteiger partial charge in [0, 0.05) is 19.4 Å². The topological polar surface area (TPSA) is 175 Å². The SMILES string of the molecule is CC/C=C\C/C=C\C/C=C\C/C=C\C[C@@H](O)[C@H](O)CCCC(=O)O[C@H](COC(=O)CCCCCCCCC/C=C\CCCCCC)COP(=O)(O)OCCN. The van der Waals surface area contributed by atoms with Gasteiger partial charge < -0.3 is 30.3 Å². The Hall–Kier alpha value is -2.37. The van der Waals surface area contributed by atoms with E-state index in [2.05, 4.69) is 56.4 Å². The lowest BCUT2D eigenvalue weighted by atomic mass is 10.0. The molecule has 0 spiro atoms. The van der Waals surface area contributed by atoms with Gasteiger partial charge in [-0.3, -0.25) is 18.6 Å². The number of rotatable bonds is 38. The van der Waals surface area contributed by atoms with E-state index >= 15 is 0 Å². The van der Waals surface area contributed by atoms with Crippen molar-refractivity contribution >= 4 is 19.8 Å². The van der Waals surface area contributed by atoms with E-state index in [4.69, 9.17) is 24.3 Å². The number of unbranched alkanes of at least 4 members (excludes halogenated alkanes) is 11. The molecule has 0 bridgehead atoms. The van der Waals surface area contributed by atoms with Crippen LogP contribution < -0.4 is 5.73 Å². The van der Waals surface area contributed by atoms with Gasteiger partial charge in [0.25, 0.3) is 0 Å². The summed E-state index contributed by atoms with van der Waals surface area (Å²) in [5, 5.41) is 20.7. The highest BCUT2D eigenvalue weighted by molar-refractivity contribution is 7.47. The average molecular weight is 798 g/mol. The molecule has 0 radical (unpaired) electrons. The second-order valence-electron chi connectivity index (χ2n) is 13.8. The van der Waals surface area contributed by atoms with E-state index in [0.29, 0.717) is 6.42 Å². The number of phosphoric ester groups is 1. The first-order valence-corrected chi connectivity index (χ1v) is 22.4. The van der Waals surface area contributed by atoms with Crippen molar-refractivity contribution in [3.63, 3.8) is 0 Å². The minimum atomic E-state index is -4.46. The Bertz CT molecular complexity index is 1120. The number of esters is 2. The molecule has 0 aliphatic carbocycles. The van der Waals surface area contributed by atoms with Crippen LogP contribution in [0.2, 0.25) is 0 Å². The van der Waals surface area contributed by atoms with Crippen LogP contribution in [0.3, 0.4) is 0 Å². The predicted molar refractivity (Wildman–Crippen MR) is 222 cm³/mol. The van der Waals surface area contributed by atoms with E-state index in [-0.39, 0.29) is 51.9 Å². The fourth-order valence-electron chi connectivity index (χ4n) is 5.36. The second-order valence-corrected chi connectivity index (χ2v) is 15.2. The number of carbonyl (C=O) groups is 2. The summed E-state index contributed by atoms with van der Waals surface area (Å²) < 4.78 is 32.5. The minimum Gasteiger partial charge on any atom is -0.462 e. The highest BCUT2D eigenvalue weighted by Gasteiger charge is 2.26. The first-order valence-electron chi connectivity index (χ1n) is 20.9. The normalized spacial score (nSPS) is 15.1. The van der Waals surface area contributed by atoms with Crippen LogP contribution in [-0.2, 0) is 32.7 Å². The number of aliphatic hydroxyl groups is 2. The van der Waals surface area contributed by atoms with Gasteiger partial charge >= 0.3 is 19.8 Å². The Morgan fingerprint density at radius 1 is 0.636 bits per heavy atom. The lowest BCUT2D eigenvalue weighted by Crippen LogP contribution is -2.30. The molecule has 1 unspecified atom stereocenters. The molecule has 0 fully saturated rings. The third-order valence-electron chi connectivity index (χ3n) is 8.59. The van der Waals surface area contributed by atoms with Crippen LogP contribution in [0.5, 0.6) is 0 Å². The number of nitrogens with two attached hydrogens (primary N) is 1. The molecule has 0 saturated heterocycles. The molecule has 0 heterocycles. The summed E-state index contributed by atoms with van der Waals surface area (Å²) in [6.45, 7) is 3.24. The zero-order valence-electron chi connectivity index (χ0n) is 34.1. The van der Waals surface area contributed by atoms with Gasteiger partial charge in [0.2, 0.25) is 0 Å². The van der Waals surface area contributed by atoms with Crippen LogP contribution in [0.15, 0.2) is 60.8 Å². The van der Waals surface area contributed by atoms with E-state index in [9.17, 15) is 29.3 Å². The Balaban J connectivity index is 4.45. The summed E-state index contributed by atoms with van der Waals surface area (Å²) in [7, 11) is -4.46. The molecule has 0 aromatic rings. The highest BCUT2D eigenvalue weighted by atomic mass is 31.2. The number of aliphatic hydroxyl groups excluding tert-OH is 2. The van der Waals surface area contributed by atoms with Crippen molar-refractivity contribution in [1.82, 2.24) is 0 Å². The average Bonchev–Trinajstić information content (AvgIpc) is 3.16. The molecule has 0 aliphatic rings. The molecule has 5 N–H and O–H groups in total. The third kappa shape index (κ3) is 37.0. The summed E-state index contributed by atoms with van der Waals surface area (Å²) in [4.78, 5) is 34.9. The van der Waals surface area contributed by atoms with Gasteiger partial charge in [-0.05, 0) is 77.0 Å². The fourth-order valence-corrected chi connectivity index (χ4v) is 6.13. The monoisotopic (exact) mass is 798 g/mol. The van der Waals surface area contributed by atoms with Crippen molar-refractivity contribution in [3.8, 4) is 0 Å². The fraction of sp³-hybridized carbons (Fsp3) is 0.721. The first-order chi connectivity index (χ1) is 26.6. The maximum atomic E-state index is 12.6. The Morgan fingerprint density at radius 2 is 1.18 bits per heavy atom. The van der Waals surface area contributed by atoms with Crippen LogP contribution in [0, 0.1) is 0 Å². The molecule has 0 aliphatic heterocycles. The number of allylic oxidation sites excluding steroid dienone is 9. The molecule has 0 saturated carbocycles. The van der Waals surface area contributed by atoms with Crippen molar-refractivity contribution in [1.29, 1.82) is 0 Å². The van der Waals surface area contributed by atoms with Gasteiger partial charge in [-0.25, -0.2) is 4.57 Å². The van der Waals surface area contributed by atoms with Gasteiger partial charge in [0.05, 0.1) is 25.4 Å². The number of hydrogen-bond donors (Lipinski definition) is 4. The lowest BCUT2D eigenvalue weighted by Gasteiger charge is -2.20. The molecule has 0 amide bonds. The van der Waals surface area contributed by atoms with Crippen molar-refractivity contribution in [2.24, 2.45) is 5.73 Å². The summed E-state index contributed by atoms with van der Waals surface area (Å²) in [6.07, 6.45) is 37.1. The summed E-state index contributed by atoms with van der Waals surface area (Å²) in [5.74, 6) is -1.13. The van der Waals surface area contributed by atoms with Crippen molar-refractivity contribution < 1.29 is 47.8 Å². The maximum absolute atomic E-state index is 12.6. The highest BCUT2D eigenvalue weighted by Crippen LogP contribution is 2.43. The number of carbonyl (C=O) groups excluding carboxylic acids is 2. The molecule has 11 nitrogen and oxygen atoms in total. The van der Waals surface area contributed by atoms with Crippen LogP contribution >= 0.6 is 7.82 Å². The van der Waals surface area contributed by atoms with Crippen molar-refractivity contribution in [2.45, 2.75) is 173 Å². The molecular weight excluding hydrogens is 721 g/mol.